The summed E-state index contributed by atoms with van der Waals surface area (Å²) in [7, 11) is -4.10. The van der Waals surface area contributed by atoms with Crippen LogP contribution < -0.4 is 0 Å². The summed E-state index contributed by atoms with van der Waals surface area (Å²) in [6.45, 7) is 4.26. The molecule has 0 atom stereocenters. The van der Waals surface area contributed by atoms with E-state index in [4.69, 9.17) is 0 Å². The van der Waals surface area contributed by atoms with Crippen molar-refractivity contribution >= 4 is 10.1 Å². The maximum Gasteiger partial charge on any atom is 0.294 e. The molecule has 0 aliphatic heterocycles. The standard InChI is InChI=1S/C23H40O3S/c1-3-4-5-6-7-8-9-10-11-12-13-14-15-16-17-22-20-23(27(24,25)26)19-18-21(22)2/h18-20H,3-17H2,1-2H3,(H,24,25,26). The molecule has 1 N–H and O–H groups in total. The monoisotopic (exact) mass is 396 g/mol. The van der Waals surface area contributed by atoms with Crippen molar-refractivity contribution in [1.82, 2.24) is 0 Å². The summed E-state index contributed by atoms with van der Waals surface area (Å²) >= 11 is 0. The highest BCUT2D eigenvalue weighted by molar-refractivity contribution is 7.85. The molecule has 0 spiro atoms. The van der Waals surface area contributed by atoms with Crippen LogP contribution in [0.4, 0.5) is 0 Å². The predicted molar refractivity (Wildman–Crippen MR) is 115 cm³/mol. The molecule has 1 aromatic carbocycles. The van der Waals surface area contributed by atoms with E-state index in [1.54, 1.807) is 12.1 Å². The minimum Gasteiger partial charge on any atom is -0.282 e. The first kappa shape index (κ1) is 24.2. The van der Waals surface area contributed by atoms with Crippen molar-refractivity contribution in [2.75, 3.05) is 0 Å². The number of rotatable bonds is 16. The molecule has 0 saturated heterocycles. The molecule has 0 heterocycles. The summed E-state index contributed by atoms with van der Waals surface area (Å²) in [6.07, 6.45) is 19.6. The van der Waals surface area contributed by atoms with E-state index in [9.17, 15) is 13.0 Å². The second kappa shape index (κ2) is 14.2. The van der Waals surface area contributed by atoms with Gasteiger partial charge in [0.25, 0.3) is 10.1 Å². The Morgan fingerprint density at radius 3 is 1.63 bits per heavy atom. The van der Waals surface area contributed by atoms with E-state index in [1.807, 2.05) is 6.92 Å². The number of unbranched alkanes of at least 4 members (excludes halogenated alkanes) is 13. The zero-order chi connectivity index (χ0) is 20.0. The molecular weight excluding hydrogens is 356 g/mol. The van der Waals surface area contributed by atoms with Crippen molar-refractivity contribution in [1.29, 1.82) is 0 Å². The van der Waals surface area contributed by atoms with Gasteiger partial charge in [0.15, 0.2) is 0 Å². The van der Waals surface area contributed by atoms with Gasteiger partial charge < -0.3 is 0 Å². The Hall–Kier alpha value is -0.870. The third-order valence-corrected chi connectivity index (χ3v) is 6.27. The fourth-order valence-electron chi connectivity index (χ4n) is 3.59. The van der Waals surface area contributed by atoms with Crippen LogP contribution in [0.25, 0.3) is 0 Å². The van der Waals surface area contributed by atoms with Gasteiger partial charge in [0.1, 0.15) is 0 Å². The molecule has 1 aromatic rings. The third kappa shape index (κ3) is 11.5. The summed E-state index contributed by atoms with van der Waals surface area (Å²) in [5.74, 6) is 0. The van der Waals surface area contributed by atoms with E-state index in [2.05, 4.69) is 6.92 Å². The van der Waals surface area contributed by atoms with Gasteiger partial charge in [-0.25, -0.2) is 0 Å². The zero-order valence-electron chi connectivity index (χ0n) is 17.5. The molecule has 0 fully saturated rings. The highest BCUT2D eigenvalue weighted by atomic mass is 32.2. The van der Waals surface area contributed by atoms with Crippen LogP contribution in [0, 0.1) is 6.92 Å². The number of hydrogen-bond acceptors (Lipinski definition) is 2. The third-order valence-electron chi connectivity index (χ3n) is 5.42. The van der Waals surface area contributed by atoms with Crippen molar-refractivity contribution in [3.05, 3.63) is 29.3 Å². The van der Waals surface area contributed by atoms with Crippen molar-refractivity contribution in [2.24, 2.45) is 0 Å². The molecule has 156 valence electrons. The smallest absolute Gasteiger partial charge is 0.282 e. The molecule has 3 nitrogen and oxygen atoms in total. The molecule has 27 heavy (non-hydrogen) atoms. The Bertz CT molecular complexity index is 608. The summed E-state index contributed by atoms with van der Waals surface area (Å²) in [5, 5.41) is 0. The fourth-order valence-corrected chi connectivity index (χ4v) is 4.12. The molecule has 0 unspecified atom stereocenters. The van der Waals surface area contributed by atoms with Crippen LogP contribution >= 0.6 is 0 Å². The Balaban J connectivity index is 2.02. The van der Waals surface area contributed by atoms with Crippen molar-refractivity contribution in [3.8, 4) is 0 Å². The minimum absolute atomic E-state index is 0.00784. The normalized spacial score (nSPS) is 11.8. The molecule has 0 aromatic heterocycles. The van der Waals surface area contributed by atoms with E-state index in [0.717, 1.165) is 24.0 Å². The Morgan fingerprint density at radius 2 is 1.19 bits per heavy atom. The van der Waals surface area contributed by atoms with Crippen LogP contribution in [-0.4, -0.2) is 13.0 Å². The number of benzene rings is 1. The molecule has 0 aliphatic carbocycles. The van der Waals surface area contributed by atoms with Gasteiger partial charge >= 0.3 is 0 Å². The lowest BCUT2D eigenvalue weighted by atomic mass is 10.0. The van der Waals surface area contributed by atoms with Crippen LogP contribution in [0.3, 0.4) is 0 Å². The summed E-state index contributed by atoms with van der Waals surface area (Å²) in [6, 6.07) is 4.87. The number of aryl methyl sites for hydroxylation is 2. The summed E-state index contributed by atoms with van der Waals surface area (Å²) in [4.78, 5) is 0.00784. The molecule has 1 rings (SSSR count). The van der Waals surface area contributed by atoms with Crippen LogP contribution in [0.2, 0.25) is 0 Å². The Labute approximate surface area is 167 Å². The van der Waals surface area contributed by atoms with E-state index in [0.29, 0.717) is 0 Å². The molecule has 0 aliphatic rings. The van der Waals surface area contributed by atoms with Crippen molar-refractivity contribution in [3.63, 3.8) is 0 Å². The van der Waals surface area contributed by atoms with Gasteiger partial charge in [0.2, 0.25) is 0 Å². The van der Waals surface area contributed by atoms with Gasteiger partial charge in [-0.3, -0.25) is 4.55 Å². The summed E-state index contributed by atoms with van der Waals surface area (Å²) in [5.41, 5.74) is 2.13. The highest BCUT2D eigenvalue weighted by Crippen LogP contribution is 2.19. The van der Waals surface area contributed by atoms with Crippen molar-refractivity contribution in [2.45, 2.75) is 115 Å². The van der Waals surface area contributed by atoms with E-state index in [-0.39, 0.29) is 4.90 Å². The van der Waals surface area contributed by atoms with Crippen LogP contribution in [-0.2, 0) is 16.5 Å². The Morgan fingerprint density at radius 1 is 0.741 bits per heavy atom. The van der Waals surface area contributed by atoms with Gasteiger partial charge in [0.05, 0.1) is 4.90 Å². The van der Waals surface area contributed by atoms with E-state index < -0.39 is 10.1 Å². The average Bonchev–Trinajstić information content (AvgIpc) is 2.62. The first-order valence-corrected chi connectivity index (χ1v) is 12.5. The van der Waals surface area contributed by atoms with Gasteiger partial charge in [-0.2, -0.15) is 8.42 Å². The predicted octanol–water partition coefficient (Wildman–Crippen LogP) is 7.27. The van der Waals surface area contributed by atoms with Gasteiger partial charge in [-0.15, -0.1) is 0 Å². The summed E-state index contributed by atoms with van der Waals surface area (Å²) < 4.78 is 31.7. The van der Waals surface area contributed by atoms with Gasteiger partial charge in [-0.05, 0) is 43.0 Å². The highest BCUT2D eigenvalue weighted by Gasteiger charge is 2.11. The topological polar surface area (TPSA) is 54.4 Å². The van der Waals surface area contributed by atoms with E-state index >= 15 is 0 Å². The Kier molecular flexibility index (Phi) is 12.7. The van der Waals surface area contributed by atoms with E-state index in [1.165, 1.54) is 89.5 Å². The lowest BCUT2D eigenvalue weighted by Gasteiger charge is -2.08. The second-order valence-corrected chi connectivity index (χ2v) is 9.33. The lowest BCUT2D eigenvalue weighted by molar-refractivity contribution is 0.483. The molecular formula is C23H40O3S. The maximum absolute atomic E-state index is 11.3. The molecule has 0 radical (unpaired) electrons. The fraction of sp³-hybridized carbons (Fsp3) is 0.739. The molecule has 0 saturated carbocycles. The lowest BCUT2D eigenvalue weighted by Crippen LogP contribution is -2.00. The quantitative estimate of drug-likeness (QED) is 0.236. The molecule has 4 heteroatoms. The van der Waals surface area contributed by atoms with Crippen LogP contribution in [0.15, 0.2) is 23.1 Å². The molecule has 0 amide bonds. The van der Waals surface area contributed by atoms with Gasteiger partial charge in [-0.1, -0.05) is 96.5 Å². The average molecular weight is 397 g/mol. The van der Waals surface area contributed by atoms with Gasteiger partial charge in [0, 0.05) is 0 Å². The first-order valence-electron chi connectivity index (χ1n) is 11.0. The minimum atomic E-state index is -4.10. The largest absolute Gasteiger partial charge is 0.294 e. The number of hydrogen-bond donors (Lipinski definition) is 1. The van der Waals surface area contributed by atoms with Crippen LogP contribution in [0.5, 0.6) is 0 Å². The van der Waals surface area contributed by atoms with Crippen LogP contribution in [0.1, 0.15) is 108 Å². The second-order valence-electron chi connectivity index (χ2n) is 7.91. The maximum atomic E-state index is 11.3. The van der Waals surface area contributed by atoms with Crippen molar-refractivity contribution < 1.29 is 13.0 Å². The first-order chi connectivity index (χ1) is 12.9. The SMILES string of the molecule is CCCCCCCCCCCCCCCCc1cc(S(=O)(=O)O)ccc1C. The zero-order valence-corrected chi connectivity index (χ0v) is 18.3. The molecule has 0 bridgehead atoms.